The maximum absolute atomic E-state index is 12.8. The molecular weight excluding hydrogens is 354 g/mol. The van der Waals surface area contributed by atoms with Crippen molar-refractivity contribution in [3.63, 3.8) is 0 Å². The molecule has 3 saturated carbocycles. The number of aromatic nitrogens is 1. The van der Waals surface area contributed by atoms with Crippen LogP contribution in [0.4, 0.5) is 26.3 Å². The summed E-state index contributed by atoms with van der Waals surface area (Å²) in [6.45, 7) is -1.42. The normalized spacial score (nSPS) is 27.9. The van der Waals surface area contributed by atoms with E-state index in [0.29, 0.717) is 5.56 Å². The van der Waals surface area contributed by atoms with Gasteiger partial charge in [-0.3, -0.25) is 4.79 Å². The van der Waals surface area contributed by atoms with Gasteiger partial charge in [-0.15, -0.1) is 0 Å². The fraction of sp³-hybridized carbons (Fsp3) is 0.600. The molecule has 1 amide bonds. The van der Waals surface area contributed by atoms with E-state index >= 15 is 0 Å². The van der Waals surface area contributed by atoms with Gasteiger partial charge in [0.1, 0.15) is 0 Å². The first-order chi connectivity index (χ1) is 11.4. The number of hydrogen-bond acceptors (Lipinski definition) is 3. The third-order valence-electron chi connectivity index (χ3n) is 4.75. The lowest BCUT2D eigenvalue weighted by molar-refractivity contribution is -0.351. The van der Waals surface area contributed by atoms with Gasteiger partial charge in [0.2, 0.25) is 11.8 Å². The summed E-state index contributed by atoms with van der Waals surface area (Å²) < 4.78 is 78.8. The van der Waals surface area contributed by atoms with Crippen LogP contribution in [0.25, 0.3) is 0 Å². The smallest absolute Gasteiger partial charge is 0.422 e. The molecule has 0 spiro atoms. The Morgan fingerprint density at radius 1 is 1.16 bits per heavy atom. The molecule has 3 aliphatic carbocycles. The Labute approximate surface area is 138 Å². The summed E-state index contributed by atoms with van der Waals surface area (Å²) in [5.41, 5.74) is -2.12. The maximum Gasteiger partial charge on any atom is 0.422 e. The van der Waals surface area contributed by atoms with Gasteiger partial charge in [0.25, 0.3) is 0 Å². The van der Waals surface area contributed by atoms with E-state index in [1.165, 1.54) is 18.3 Å². The summed E-state index contributed by atoms with van der Waals surface area (Å²) in [6.07, 6.45) is -8.05. The van der Waals surface area contributed by atoms with Gasteiger partial charge >= 0.3 is 12.4 Å². The second kappa shape index (κ2) is 5.50. The quantitative estimate of drug-likeness (QED) is 0.811. The summed E-state index contributed by atoms with van der Waals surface area (Å²) in [7, 11) is 0. The minimum absolute atomic E-state index is 0.0339. The first-order valence-corrected chi connectivity index (χ1v) is 7.44. The van der Waals surface area contributed by atoms with E-state index in [0.717, 1.165) is 0 Å². The predicted octanol–water partition coefficient (Wildman–Crippen LogP) is 3.37. The molecule has 1 N–H and O–H groups in total. The molecule has 4 nitrogen and oxygen atoms in total. The maximum atomic E-state index is 12.8. The van der Waals surface area contributed by atoms with Crippen molar-refractivity contribution < 1.29 is 35.9 Å². The van der Waals surface area contributed by atoms with Crippen LogP contribution in [0.5, 0.6) is 5.88 Å². The molecule has 0 aliphatic heterocycles. The number of halogens is 6. The molecule has 0 unspecified atom stereocenters. The van der Waals surface area contributed by atoms with E-state index in [1.807, 2.05) is 0 Å². The summed E-state index contributed by atoms with van der Waals surface area (Å²) in [5, 5.41) is 2.56. The van der Waals surface area contributed by atoms with E-state index in [4.69, 9.17) is 0 Å². The minimum Gasteiger partial charge on any atom is -0.468 e. The molecule has 10 heteroatoms. The number of carbonyl (C=O) groups excluding carboxylic acids is 1. The standard InChI is InChI=1S/C15H14F6N2O2/c16-14(17,18)8-25-10-2-1-9(3-22-10)4-23-11(24)12-5-13(6-12,7-12)15(19,20)21/h1-3H,4-8H2,(H,23,24). The van der Waals surface area contributed by atoms with Crippen molar-refractivity contribution in [3.8, 4) is 5.88 Å². The number of rotatable bonds is 5. The van der Waals surface area contributed by atoms with Gasteiger partial charge in [0, 0.05) is 18.8 Å². The Kier molecular flexibility index (Phi) is 3.92. The lowest BCUT2D eigenvalue weighted by Gasteiger charge is -2.69. The van der Waals surface area contributed by atoms with E-state index in [9.17, 15) is 31.1 Å². The zero-order valence-corrected chi connectivity index (χ0v) is 12.8. The van der Waals surface area contributed by atoms with Crippen LogP contribution in [-0.2, 0) is 11.3 Å². The van der Waals surface area contributed by atoms with Crippen LogP contribution in [0.1, 0.15) is 24.8 Å². The molecule has 4 rings (SSSR count). The van der Waals surface area contributed by atoms with E-state index in [1.54, 1.807) is 0 Å². The topological polar surface area (TPSA) is 51.2 Å². The Bertz CT molecular complexity index is 648. The lowest BCUT2D eigenvalue weighted by atomic mass is 9.34. The third-order valence-corrected chi connectivity index (χ3v) is 4.75. The number of nitrogens with one attached hydrogen (secondary N) is 1. The lowest BCUT2D eigenvalue weighted by Crippen LogP contribution is -2.72. The van der Waals surface area contributed by atoms with Crippen molar-refractivity contribution in [2.75, 3.05) is 6.61 Å². The second-order valence-corrected chi connectivity index (χ2v) is 6.68. The van der Waals surface area contributed by atoms with Gasteiger partial charge in [-0.1, -0.05) is 6.07 Å². The Morgan fingerprint density at radius 2 is 1.80 bits per heavy atom. The molecule has 1 aromatic heterocycles. The van der Waals surface area contributed by atoms with Crippen molar-refractivity contribution in [1.82, 2.24) is 10.3 Å². The molecular formula is C15H14F6N2O2. The molecule has 3 fully saturated rings. The SMILES string of the molecule is O=C(NCc1ccc(OCC(F)(F)F)nc1)C12CC(C(F)(F)F)(C1)C2. The number of ether oxygens (including phenoxy) is 1. The van der Waals surface area contributed by atoms with Crippen LogP contribution < -0.4 is 10.1 Å². The summed E-state index contributed by atoms with van der Waals surface area (Å²) in [4.78, 5) is 15.7. The first-order valence-electron chi connectivity index (χ1n) is 7.44. The molecule has 0 radical (unpaired) electrons. The summed E-state index contributed by atoms with van der Waals surface area (Å²) in [6, 6.07) is 2.66. The Balaban J connectivity index is 1.46. The van der Waals surface area contributed by atoms with Crippen molar-refractivity contribution in [3.05, 3.63) is 23.9 Å². The minimum atomic E-state index is -4.47. The monoisotopic (exact) mass is 368 g/mol. The highest BCUT2D eigenvalue weighted by Crippen LogP contribution is 2.78. The molecule has 3 aliphatic rings. The molecule has 2 bridgehead atoms. The highest BCUT2D eigenvalue weighted by atomic mass is 19.4. The van der Waals surface area contributed by atoms with Crippen LogP contribution in [0, 0.1) is 10.8 Å². The molecule has 1 aromatic rings. The fourth-order valence-corrected chi connectivity index (χ4v) is 3.46. The van der Waals surface area contributed by atoms with Gasteiger partial charge in [0.05, 0.1) is 10.8 Å². The average molecular weight is 368 g/mol. The Hall–Kier alpha value is -2.00. The summed E-state index contributed by atoms with van der Waals surface area (Å²) >= 11 is 0. The van der Waals surface area contributed by atoms with Crippen LogP contribution in [0.15, 0.2) is 18.3 Å². The molecule has 0 aromatic carbocycles. The van der Waals surface area contributed by atoms with Crippen molar-refractivity contribution in [2.24, 2.45) is 10.8 Å². The van der Waals surface area contributed by atoms with Gasteiger partial charge < -0.3 is 10.1 Å². The molecule has 1 heterocycles. The zero-order valence-electron chi connectivity index (χ0n) is 12.8. The average Bonchev–Trinajstić information content (AvgIpc) is 2.38. The number of amides is 1. The van der Waals surface area contributed by atoms with Crippen molar-refractivity contribution in [2.45, 2.75) is 38.2 Å². The van der Waals surface area contributed by atoms with Crippen molar-refractivity contribution in [1.29, 1.82) is 0 Å². The van der Waals surface area contributed by atoms with Crippen LogP contribution in [-0.4, -0.2) is 29.9 Å². The number of hydrogen-bond donors (Lipinski definition) is 1. The second-order valence-electron chi connectivity index (χ2n) is 6.68. The highest BCUT2D eigenvalue weighted by Gasteiger charge is 2.80. The van der Waals surface area contributed by atoms with Gasteiger partial charge in [0.15, 0.2) is 6.61 Å². The summed E-state index contributed by atoms with van der Waals surface area (Å²) in [5.74, 6) is -0.644. The predicted molar refractivity (Wildman–Crippen MR) is 72.4 cm³/mol. The van der Waals surface area contributed by atoms with Crippen LogP contribution in [0.3, 0.4) is 0 Å². The van der Waals surface area contributed by atoms with Crippen LogP contribution in [0.2, 0.25) is 0 Å². The van der Waals surface area contributed by atoms with E-state index in [2.05, 4.69) is 15.0 Å². The molecule has 138 valence electrons. The zero-order chi connectivity index (χ0) is 18.5. The molecule has 0 saturated heterocycles. The first kappa shape index (κ1) is 17.8. The van der Waals surface area contributed by atoms with Gasteiger partial charge in [-0.05, 0) is 24.8 Å². The van der Waals surface area contributed by atoms with Crippen molar-refractivity contribution >= 4 is 5.91 Å². The van der Waals surface area contributed by atoms with Crippen LogP contribution >= 0.6 is 0 Å². The fourth-order valence-electron chi connectivity index (χ4n) is 3.46. The third kappa shape index (κ3) is 3.25. The molecule has 0 atom stereocenters. The molecule has 25 heavy (non-hydrogen) atoms. The van der Waals surface area contributed by atoms with E-state index in [-0.39, 0.29) is 31.7 Å². The van der Waals surface area contributed by atoms with E-state index < -0.39 is 35.7 Å². The Morgan fingerprint density at radius 3 is 2.28 bits per heavy atom. The van der Waals surface area contributed by atoms with Gasteiger partial charge in [-0.2, -0.15) is 26.3 Å². The van der Waals surface area contributed by atoms with Gasteiger partial charge in [-0.25, -0.2) is 4.98 Å². The number of carbonyl (C=O) groups is 1. The highest BCUT2D eigenvalue weighted by molar-refractivity contribution is 5.86. The number of pyridine rings is 1. The number of nitrogens with zero attached hydrogens (tertiary/aromatic N) is 1. The number of alkyl halides is 6. The largest absolute Gasteiger partial charge is 0.468 e.